The van der Waals surface area contributed by atoms with Gasteiger partial charge < -0.3 is 4.74 Å². The molecule has 5 nitrogen and oxygen atoms in total. The summed E-state index contributed by atoms with van der Waals surface area (Å²) in [6.07, 6.45) is 6.07. The molecule has 1 unspecified atom stereocenters. The van der Waals surface area contributed by atoms with Gasteiger partial charge in [-0.05, 0) is 43.1 Å². The van der Waals surface area contributed by atoms with Crippen molar-refractivity contribution in [1.82, 2.24) is 19.5 Å². The lowest BCUT2D eigenvalue weighted by Crippen LogP contribution is -2.19. The Bertz CT molecular complexity index is 981. The first kappa shape index (κ1) is 18.4. The van der Waals surface area contributed by atoms with Crippen molar-refractivity contribution < 1.29 is 4.74 Å². The van der Waals surface area contributed by atoms with Crippen LogP contribution in [0, 0.1) is 11.8 Å². The Labute approximate surface area is 167 Å². The molecule has 0 spiro atoms. The number of ether oxygens (including phenoxy) is 1. The molecule has 0 saturated carbocycles. The standard InChI is InChI=1S/C20H21ClN4OS/c1-2-3-4-5-10-15-22-18(21)17-20(23-15)25(16-11-6-7-12-26-16)19(24-17)14-9-8-13-27-14/h8-9,13,16H,2-4,6-7,11-12H2,1H3. The molecule has 140 valence electrons. The summed E-state index contributed by atoms with van der Waals surface area (Å²) < 4.78 is 8.12. The molecule has 1 fully saturated rings. The second-order valence-corrected chi connectivity index (χ2v) is 7.83. The van der Waals surface area contributed by atoms with E-state index < -0.39 is 0 Å². The van der Waals surface area contributed by atoms with Gasteiger partial charge in [-0.15, -0.1) is 11.3 Å². The molecule has 0 aromatic carbocycles. The fraction of sp³-hybridized carbons (Fsp3) is 0.450. The van der Waals surface area contributed by atoms with Gasteiger partial charge in [0.1, 0.15) is 11.7 Å². The lowest BCUT2D eigenvalue weighted by atomic mass is 10.2. The summed E-state index contributed by atoms with van der Waals surface area (Å²) in [5.41, 5.74) is 1.30. The molecule has 0 radical (unpaired) electrons. The Morgan fingerprint density at radius 1 is 1.33 bits per heavy atom. The van der Waals surface area contributed by atoms with Crippen molar-refractivity contribution in [2.24, 2.45) is 0 Å². The second kappa shape index (κ2) is 8.39. The SMILES string of the molecule is CCCCC#Cc1nc(Cl)c2nc(-c3cccs3)n(C3CCCCO3)c2n1. The smallest absolute Gasteiger partial charge is 0.208 e. The largest absolute Gasteiger partial charge is 0.358 e. The van der Waals surface area contributed by atoms with Crippen LogP contribution in [-0.2, 0) is 4.74 Å². The average molecular weight is 401 g/mol. The van der Waals surface area contributed by atoms with E-state index in [-0.39, 0.29) is 6.23 Å². The van der Waals surface area contributed by atoms with Gasteiger partial charge in [-0.3, -0.25) is 4.57 Å². The molecule has 0 bridgehead atoms. The van der Waals surface area contributed by atoms with Crippen molar-refractivity contribution in [1.29, 1.82) is 0 Å². The zero-order valence-corrected chi connectivity index (χ0v) is 16.8. The highest BCUT2D eigenvalue weighted by molar-refractivity contribution is 7.13. The number of hydrogen-bond donors (Lipinski definition) is 0. The zero-order chi connectivity index (χ0) is 18.6. The van der Waals surface area contributed by atoms with Gasteiger partial charge >= 0.3 is 0 Å². The summed E-state index contributed by atoms with van der Waals surface area (Å²) in [5.74, 6) is 7.46. The van der Waals surface area contributed by atoms with Gasteiger partial charge in [-0.2, -0.15) is 0 Å². The Hall–Kier alpha value is -1.94. The van der Waals surface area contributed by atoms with E-state index in [2.05, 4.69) is 34.4 Å². The molecule has 4 rings (SSSR count). The van der Waals surface area contributed by atoms with E-state index in [1.54, 1.807) is 11.3 Å². The normalized spacial score (nSPS) is 17.0. The summed E-state index contributed by atoms with van der Waals surface area (Å²) in [7, 11) is 0. The number of hydrogen-bond acceptors (Lipinski definition) is 5. The van der Waals surface area contributed by atoms with Gasteiger partial charge in [-0.25, -0.2) is 15.0 Å². The van der Waals surface area contributed by atoms with Crippen LogP contribution in [0.15, 0.2) is 17.5 Å². The number of halogens is 1. The number of thiophene rings is 1. The lowest BCUT2D eigenvalue weighted by molar-refractivity contribution is -0.0287. The highest BCUT2D eigenvalue weighted by Crippen LogP contribution is 2.35. The van der Waals surface area contributed by atoms with Gasteiger partial charge in [0.25, 0.3) is 0 Å². The summed E-state index contributed by atoms with van der Waals surface area (Å²) in [6.45, 7) is 2.90. The monoisotopic (exact) mass is 400 g/mol. The maximum Gasteiger partial charge on any atom is 0.208 e. The first-order valence-electron chi connectivity index (χ1n) is 9.37. The van der Waals surface area contributed by atoms with Gasteiger partial charge in [0.05, 0.1) is 4.88 Å². The summed E-state index contributed by atoms with van der Waals surface area (Å²) in [6, 6.07) is 4.07. The number of rotatable bonds is 4. The lowest BCUT2D eigenvalue weighted by Gasteiger charge is -2.25. The van der Waals surface area contributed by atoms with Crippen molar-refractivity contribution in [2.75, 3.05) is 6.61 Å². The van der Waals surface area contributed by atoms with Crippen LogP contribution in [0.3, 0.4) is 0 Å². The molecule has 0 N–H and O–H groups in total. The van der Waals surface area contributed by atoms with E-state index in [0.29, 0.717) is 22.1 Å². The number of unbranched alkanes of at least 4 members (excludes halogenated alkanes) is 2. The molecule has 27 heavy (non-hydrogen) atoms. The van der Waals surface area contributed by atoms with Crippen LogP contribution in [-0.4, -0.2) is 26.1 Å². The van der Waals surface area contributed by atoms with Gasteiger partial charge in [0.15, 0.2) is 16.6 Å². The Kier molecular flexibility index (Phi) is 5.72. The average Bonchev–Trinajstić information content (AvgIpc) is 3.34. The van der Waals surface area contributed by atoms with Crippen LogP contribution in [0.25, 0.3) is 21.9 Å². The molecule has 0 amide bonds. The highest BCUT2D eigenvalue weighted by Gasteiger charge is 2.26. The maximum atomic E-state index is 6.46. The van der Waals surface area contributed by atoms with Crippen molar-refractivity contribution in [2.45, 2.75) is 51.7 Å². The number of nitrogens with zero attached hydrogens (tertiary/aromatic N) is 4. The van der Waals surface area contributed by atoms with E-state index in [0.717, 1.165) is 55.8 Å². The summed E-state index contributed by atoms with van der Waals surface area (Å²) in [5, 5.41) is 2.38. The molecule has 1 aliphatic rings. The van der Waals surface area contributed by atoms with E-state index in [9.17, 15) is 0 Å². The summed E-state index contributed by atoms with van der Waals surface area (Å²) in [4.78, 5) is 14.9. The van der Waals surface area contributed by atoms with Gasteiger partial charge in [-0.1, -0.05) is 36.9 Å². The van der Waals surface area contributed by atoms with E-state index in [4.69, 9.17) is 26.3 Å². The minimum absolute atomic E-state index is 0.0901. The molecule has 1 saturated heterocycles. The van der Waals surface area contributed by atoms with Crippen molar-refractivity contribution in [3.8, 4) is 22.5 Å². The van der Waals surface area contributed by atoms with Crippen LogP contribution in [0.4, 0.5) is 0 Å². The number of aromatic nitrogens is 4. The quantitative estimate of drug-likeness (QED) is 0.332. The van der Waals surface area contributed by atoms with E-state index >= 15 is 0 Å². The van der Waals surface area contributed by atoms with E-state index in [1.807, 2.05) is 11.4 Å². The number of imidazole rings is 1. The minimum Gasteiger partial charge on any atom is -0.358 e. The van der Waals surface area contributed by atoms with Crippen molar-refractivity contribution in [3.05, 3.63) is 28.5 Å². The molecular weight excluding hydrogens is 380 g/mol. The maximum absolute atomic E-state index is 6.46. The third-order valence-electron chi connectivity index (χ3n) is 4.54. The zero-order valence-electron chi connectivity index (χ0n) is 15.2. The van der Waals surface area contributed by atoms with Crippen LogP contribution in [0.5, 0.6) is 0 Å². The molecule has 3 aromatic rings. The van der Waals surface area contributed by atoms with Crippen molar-refractivity contribution >= 4 is 34.1 Å². The second-order valence-electron chi connectivity index (χ2n) is 6.52. The fourth-order valence-electron chi connectivity index (χ4n) is 3.18. The fourth-order valence-corrected chi connectivity index (χ4v) is 4.10. The van der Waals surface area contributed by atoms with Crippen LogP contribution in [0.2, 0.25) is 5.15 Å². The third kappa shape index (κ3) is 3.86. The Morgan fingerprint density at radius 3 is 3.00 bits per heavy atom. The predicted molar refractivity (Wildman–Crippen MR) is 109 cm³/mol. The molecule has 1 atom stereocenters. The van der Waals surface area contributed by atoms with Crippen molar-refractivity contribution in [3.63, 3.8) is 0 Å². The third-order valence-corrected chi connectivity index (χ3v) is 5.67. The Morgan fingerprint density at radius 2 is 2.26 bits per heavy atom. The summed E-state index contributed by atoms with van der Waals surface area (Å²) >= 11 is 8.10. The van der Waals surface area contributed by atoms with Gasteiger partial charge in [0, 0.05) is 13.0 Å². The Balaban J connectivity index is 1.84. The molecular formula is C20H21ClN4OS. The van der Waals surface area contributed by atoms with Crippen LogP contribution in [0.1, 0.15) is 57.5 Å². The molecule has 0 aliphatic carbocycles. The molecule has 4 heterocycles. The van der Waals surface area contributed by atoms with Crippen LogP contribution < -0.4 is 0 Å². The first-order valence-corrected chi connectivity index (χ1v) is 10.6. The van der Waals surface area contributed by atoms with E-state index in [1.165, 1.54) is 0 Å². The van der Waals surface area contributed by atoms with Crippen LogP contribution >= 0.6 is 22.9 Å². The molecule has 3 aromatic heterocycles. The molecule has 1 aliphatic heterocycles. The minimum atomic E-state index is -0.0901. The first-order chi connectivity index (χ1) is 13.3. The van der Waals surface area contributed by atoms with Gasteiger partial charge in [0.2, 0.25) is 5.82 Å². The topological polar surface area (TPSA) is 52.8 Å². The highest BCUT2D eigenvalue weighted by atomic mass is 35.5. The number of fused-ring (bicyclic) bond motifs is 1. The molecule has 7 heteroatoms. The predicted octanol–water partition coefficient (Wildman–Crippen LogP) is 5.45.